The van der Waals surface area contributed by atoms with Gasteiger partial charge in [0.1, 0.15) is 5.82 Å². The van der Waals surface area contributed by atoms with Crippen LogP contribution >= 0.6 is 35.0 Å². The van der Waals surface area contributed by atoms with E-state index in [2.05, 4.69) is 5.32 Å². The number of halogens is 3. The van der Waals surface area contributed by atoms with Gasteiger partial charge < -0.3 is 10.4 Å². The number of hydrogen-bond donors (Lipinski definition) is 2. The van der Waals surface area contributed by atoms with Gasteiger partial charge in [0.25, 0.3) is 5.91 Å². The molecule has 3 aromatic carbocycles. The van der Waals surface area contributed by atoms with Gasteiger partial charge in [-0.15, -0.1) is 0 Å². The van der Waals surface area contributed by atoms with E-state index in [1.807, 2.05) is 30.3 Å². The molecule has 0 bridgehead atoms. The van der Waals surface area contributed by atoms with Gasteiger partial charge in [-0.3, -0.25) is 4.79 Å². The average Bonchev–Trinajstić information content (AvgIpc) is 3.44. The molecule has 2 N–H and O–H groups in total. The van der Waals surface area contributed by atoms with Crippen LogP contribution in [0, 0.1) is 5.82 Å². The summed E-state index contributed by atoms with van der Waals surface area (Å²) in [6.07, 6.45) is 1.74. The molecule has 1 aliphatic carbocycles. The van der Waals surface area contributed by atoms with Crippen molar-refractivity contribution < 1.29 is 14.3 Å². The first-order valence-corrected chi connectivity index (χ1v) is 14.0. The summed E-state index contributed by atoms with van der Waals surface area (Å²) in [6, 6.07) is 18.6. The molecule has 2 atom stereocenters. The Balaban J connectivity index is 1.46. The lowest BCUT2D eigenvalue weighted by Gasteiger charge is -2.20. The average molecular weight is 566 g/mol. The van der Waals surface area contributed by atoms with E-state index in [1.165, 1.54) is 12.1 Å². The normalized spacial score (nSPS) is 19.3. The maximum absolute atomic E-state index is 13.7. The molecule has 5 nitrogen and oxygen atoms in total. The van der Waals surface area contributed by atoms with E-state index >= 15 is 0 Å². The minimum absolute atomic E-state index is 0.278. The van der Waals surface area contributed by atoms with Crippen molar-refractivity contribution in [1.82, 2.24) is 15.1 Å². The summed E-state index contributed by atoms with van der Waals surface area (Å²) in [5.41, 5.74) is 6.12. The van der Waals surface area contributed by atoms with Crippen molar-refractivity contribution in [3.63, 3.8) is 0 Å². The Hall–Kier alpha value is -3.10. The van der Waals surface area contributed by atoms with Gasteiger partial charge in [-0.25, -0.2) is 9.07 Å². The van der Waals surface area contributed by atoms with Gasteiger partial charge in [0.2, 0.25) is 0 Å². The van der Waals surface area contributed by atoms with Crippen LogP contribution in [0.25, 0.3) is 17.3 Å². The summed E-state index contributed by atoms with van der Waals surface area (Å²) in [5.74, 6) is 0.582. The molecule has 0 saturated carbocycles. The third-order valence-corrected chi connectivity index (χ3v) is 8.39. The highest BCUT2D eigenvalue weighted by atomic mass is 35.5. The van der Waals surface area contributed by atoms with Crippen LogP contribution in [0.3, 0.4) is 0 Å². The number of thioether (sulfide) groups is 1. The SMILES string of the molecule is O=C(N[C@@H]1c2ccccc2C[C@@H]1O)c1nn(-c2ccc(Cl)cc2Cl)c2c1CSC/C2=C\c1ccc(F)cc1. The summed E-state index contributed by atoms with van der Waals surface area (Å²) in [6.45, 7) is 0. The number of benzene rings is 3. The molecular formula is C29H22Cl2FN3O2S. The second-order valence-corrected chi connectivity index (χ2v) is 11.1. The number of fused-ring (bicyclic) bond motifs is 2. The lowest BCUT2D eigenvalue weighted by molar-refractivity contribution is 0.0852. The van der Waals surface area contributed by atoms with Crippen molar-refractivity contribution in [2.45, 2.75) is 24.3 Å². The fourth-order valence-electron chi connectivity index (χ4n) is 5.09. The Kier molecular flexibility index (Phi) is 6.78. The standard InChI is InChI=1S/C29H22Cl2FN3O2S/c30-19-7-10-24(23(31)13-19)35-28-18(11-16-5-8-20(32)9-6-16)14-38-15-22(28)27(34-35)29(37)33-26-21-4-2-1-3-17(21)12-25(26)36/h1-11,13,25-26,36H,12,14-15H2,(H,33,37)/b18-11+/t25-,26+/m0/s1. The third kappa shape index (κ3) is 4.64. The Morgan fingerprint density at radius 2 is 1.89 bits per heavy atom. The fourth-order valence-corrected chi connectivity index (χ4v) is 6.59. The number of carbonyl (C=O) groups excluding carboxylic acids is 1. The number of aliphatic hydroxyl groups is 1. The highest BCUT2D eigenvalue weighted by Gasteiger charge is 2.35. The summed E-state index contributed by atoms with van der Waals surface area (Å²) in [4.78, 5) is 13.7. The van der Waals surface area contributed by atoms with Gasteiger partial charge in [0.15, 0.2) is 5.69 Å². The van der Waals surface area contributed by atoms with Crippen molar-refractivity contribution >= 4 is 52.5 Å². The quantitative estimate of drug-likeness (QED) is 0.296. The molecule has 1 aliphatic heterocycles. The van der Waals surface area contributed by atoms with E-state index in [-0.39, 0.29) is 17.4 Å². The predicted molar refractivity (Wildman–Crippen MR) is 150 cm³/mol. The number of nitrogens with one attached hydrogen (secondary N) is 1. The van der Waals surface area contributed by atoms with Crippen LogP contribution in [0.4, 0.5) is 4.39 Å². The summed E-state index contributed by atoms with van der Waals surface area (Å²) in [7, 11) is 0. The van der Waals surface area contributed by atoms with Crippen LogP contribution in [0.5, 0.6) is 0 Å². The smallest absolute Gasteiger partial charge is 0.272 e. The van der Waals surface area contributed by atoms with Gasteiger partial charge in [0, 0.05) is 28.5 Å². The zero-order valence-corrected chi connectivity index (χ0v) is 22.3. The number of hydrogen-bond acceptors (Lipinski definition) is 4. The van der Waals surface area contributed by atoms with E-state index in [1.54, 1.807) is 46.8 Å². The molecule has 2 heterocycles. The van der Waals surface area contributed by atoms with E-state index in [0.717, 1.165) is 33.5 Å². The number of nitrogens with zero attached hydrogens (tertiary/aromatic N) is 2. The minimum Gasteiger partial charge on any atom is -0.390 e. The molecule has 2 aliphatic rings. The number of rotatable bonds is 4. The van der Waals surface area contributed by atoms with Gasteiger partial charge in [-0.2, -0.15) is 16.9 Å². The first-order chi connectivity index (χ1) is 18.4. The van der Waals surface area contributed by atoms with Crippen molar-refractivity contribution in [2.24, 2.45) is 0 Å². The van der Waals surface area contributed by atoms with Crippen LogP contribution in [-0.4, -0.2) is 32.7 Å². The fraction of sp³-hybridized carbons (Fsp3) is 0.172. The van der Waals surface area contributed by atoms with E-state index in [0.29, 0.717) is 33.7 Å². The first kappa shape index (κ1) is 25.2. The minimum atomic E-state index is -0.719. The van der Waals surface area contributed by atoms with E-state index in [9.17, 15) is 14.3 Å². The Labute approximate surface area is 233 Å². The molecule has 192 valence electrons. The van der Waals surface area contributed by atoms with Gasteiger partial charge in [-0.1, -0.05) is 59.6 Å². The lowest BCUT2D eigenvalue weighted by atomic mass is 10.0. The van der Waals surface area contributed by atoms with E-state index < -0.39 is 12.1 Å². The number of amides is 1. The molecule has 0 fully saturated rings. The van der Waals surface area contributed by atoms with Crippen LogP contribution in [0.1, 0.15) is 44.5 Å². The largest absolute Gasteiger partial charge is 0.390 e. The Bertz CT molecular complexity index is 1590. The highest BCUT2D eigenvalue weighted by molar-refractivity contribution is 7.99. The summed E-state index contributed by atoms with van der Waals surface area (Å²) < 4.78 is 15.2. The van der Waals surface area contributed by atoms with Crippen LogP contribution in [-0.2, 0) is 12.2 Å². The lowest BCUT2D eigenvalue weighted by Crippen LogP contribution is -2.34. The Morgan fingerprint density at radius 3 is 2.68 bits per heavy atom. The zero-order valence-electron chi connectivity index (χ0n) is 20.0. The molecule has 38 heavy (non-hydrogen) atoms. The first-order valence-electron chi connectivity index (χ1n) is 12.1. The topological polar surface area (TPSA) is 67.2 Å². The van der Waals surface area contributed by atoms with Gasteiger partial charge in [-0.05, 0) is 58.7 Å². The van der Waals surface area contributed by atoms with Gasteiger partial charge in [0.05, 0.1) is 28.5 Å². The maximum Gasteiger partial charge on any atom is 0.272 e. The molecule has 0 radical (unpaired) electrons. The molecule has 0 spiro atoms. The molecular weight excluding hydrogens is 544 g/mol. The third-order valence-electron chi connectivity index (χ3n) is 6.85. The van der Waals surface area contributed by atoms with Crippen molar-refractivity contribution in [2.75, 3.05) is 5.75 Å². The monoisotopic (exact) mass is 565 g/mol. The van der Waals surface area contributed by atoms with E-state index in [4.69, 9.17) is 28.3 Å². The second-order valence-electron chi connectivity index (χ2n) is 9.32. The van der Waals surface area contributed by atoms with Crippen molar-refractivity contribution in [3.05, 3.63) is 116 Å². The highest BCUT2D eigenvalue weighted by Crippen LogP contribution is 2.39. The maximum atomic E-state index is 13.7. The molecule has 0 saturated heterocycles. The van der Waals surface area contributed by atoms with Gasteiger partial charge >= 0.3 is 0 Å². The van der Waals surface area contributed by atoms with Crippen LogP contribution in [0.2, 0.25) is 10.0 Å². The molecule has 0 unspecified atom stereocenters. The Morgan fingerprint density at radius 1 is 1.11 bits per heavy atom. The second kappa shape index (κ2) is 10.2. The number of aromatic nitrogens is 2. The van der Waals surface area contributed by atoms with Crippen LogP contribution < -0.4 is 5.32 Å². The molecule has 6 rings (SSSR count). The summed E-state index contributed by atoms with van der Waals surface area (Å²) >= 11 is 14.4. The summed E-state index contributed by atoms with van der Waals surface area (Å²) in [5, 5.41) is 19.4. The number of carbonyl (C=O) groups is 1. The molecule has 1 aromatic heterocycles. The zero-order chi connectivity index (χ0) is 26.4. The molecule has 9 heteroatoms. The molecule has 1 amide bonds. The van der Waals surface area contributed by atoms with Crippen LogP contribution in [0.15, 0.2) is 66.7 Å². The molecule has 4 aromatic rings. The van der Waals surface area contributed by atoms with Crippen molar-refractivity contribution in [3.8, 4) is 5.69 Å². The number of aliphatic hydroxyl groups excluding tert-OH is 1. The predicted octanol–water partition coefficient (Wildman–Crippen LogP) is 6.49. The van der Waals surface area contributed by atoms with Crippen molar-refractivity contribution in [1.29, 1.82) is 0 Å².